The molecular weight excluding hydrogens is 469 g/mol. The third-order valence-electron chi connectivity index (χ3n) is 5.25. The van der Waals surface area contributed by atoms with Crippen molar-refractivity contribution in [2.24, 2.45) is 11.5 Å². The summed E-state index contributed by atoms with van der Waals surface area (Å²) in [5.41, 5.74) is 14.7. The minimum absolute atomic E-state index is 0.0414. The Bertz CT molecular complexity index is 1430. The number of halogens is 3. The van der Waals surface area contributed by atoms with Crippen LogP contribution in [0.5, 0.6) is 0 Å². The molecule has 1 aliphatic heterocycles. The van der Waals surface area contributed by atoms with Crippen molar-refractivity contribution in [3.05, 3.63) is 65.5 Å². The van der Waals surface area contributed by atoms with E-state index in [4.69, 9.17) is 15.9 Å². The van der Waals surface area contributed by atoms with Crippen LogP contribution in [0, 0.1) is 0 Å². The van der Waals surface area contributed by atoms with Gasteiger partial charge >= 0.3 is 6.18 Å². The lowest BCUT2D eigenvalue weighted by molar-refractivity contribution is -0.137. The SMILES string of the molecule is NC1=C(C(N)O)CSc2ncnc(-c3cccc(Nc4nc5cc(C(F)(F)F)ccc5o4)c3)c21. The molecule has 12 heteroatoms. The molecule has 2 aromatic heterocycles. The van der Waals surface area contributed by atoms with Crippen molar-refractivity contribution in [3.8, 4) is 11.3 Å². The number of nitrogens with two attached hydrogens (primary N) is 2. The third kappa shape index (κ3) is 4.06. The number of rotatable bonds is 4. The summed E-state index contributed by atoms with van der Waals surface area (Å²) in [6.45, 7) is 0. The zero-order valence-corrected chi connectivity index (χ0v) is 18.1. The van der Waals surface area contributed by atoms with E-state index >= 15 is 0 Å². The zero-order chi connectivity index (χ0) is 24.0. The van der Waals surface area contributed by atoms with Gasteiger partial charge in [-0.05, 0) is 30.3 Å². The van der Waals surface area contributed by atoms with Gasteiger partial charge in [-0.15, -0.1) is 11.8 Å². The van der Waals surface area contributed by atoms with Crippen LogP contribution in [0.1, 0.15) is 11.1 Å². The van der Waals surface area contributed by atoms with Crippen LogP contribution in [0.4, 0.5) is 24.9 Å². The van der Waals surface area contributed by atoms with Crippen molar-refractivity contribution in [2.45, 2.75) is 17.4 Å². The van der Waals surface area contributed by atoms with Crippen molar-refractivity contribution in [3.63, 3.8) is 0 Å². The number of aliphatic hydroxyl groups excluding tert-OH is 1. The Labute approximate surface area is 194 Å². The van der Waals surface area contributed by atoms with Gasteiger partial charge in [-0.3, -0.25) is 0 Å². The van der Waals surface area contributed by atoms with E-state index in [9.17, 15) is 18.3 Å². The van der Waals surface area contributed by atoms with Gasteiger partial charge in [0.1, 0.15) is 23.1 Å². The zero-order valence-electron chi connectivity index (χ0n) is 17.3. The van der Waals surface area contributed by atoms with Crippen molar-refractivity contribution >= 4 is 40.3 Å². The molecular formula is C22H17F3N6O2S. The Hall–Kier alpha value is -3.61. The van der Waals surface area contributed by atoms with Crippen LogP contribution in [-0.4, -0.2) is 32.0 Å². The summed E-state index contributed by atoms with van der Waals surface area (Å²) >= 11 is 1.40. The lowest BCUT2D eigenvalue weighted by Gasteiger charge is -2.23. The van der Waals surface area contributed by atoms with E-state index in [1.807, 2.05) is 6.07 Å². The number of hydrogen-bond donors (Lipinski definition) is 4. The van der Waals surface area contributed by atoms with Crippen LogP contribution in [0.25, 0.3) is 28.1 Å². The normalized spacial score (nSPS) is 14.9. The molecule has 0 fully saturated rings. The molecule has 174 valence electrons. The fourth-order valence-electron chi connectivity index (χ4n) is 3.59. The molecule has 0 amide bonds. The molecule has 8 nitrogen and oxygen atoms in total. The quantitative estimate of drug-likeness (QED) is 0.248. The molecule has 0 bridgehead atoms. The van der Waals surface area contributed by atoms with Crippen molar-refractivity contribution in [2.75, 3.05) is 11.1 Å². The van der Waals surface area contributed by atoms with Gasteiger partial charge in [0, 0.05) is 28.3 Å². The fraction of sp³-hybridized carbons (Fsp3) is 0.136. The maximum absolute atomic E-state index is 13.0. The summed E-state index contributed by atoms with van der Waals surface area (Å²) in [6.07, 6.45) is -4.24. The first kappa shape index (κ1) is 22.2. The number of fused-ring (bicyclic) bond motifs is 2. The van der Waals surface area contributed by atoms with E-state index in [2.05, 4.69) is 20.3 Å². The number of alkyl halides is 3. The van der Waals surface area contributed by atoms with E-state index in [0.717, 1.165) is 12.1 Å². The highest BCUT2D eigenvalue weighted by atomic mass is 32.2. The minimum Gasteiger partial charge on any atom is -0.423 e. The summed E-state index contributed by atoms with van der Waals surface area (Å²) in [6, 6.07) is 10.3. The molecule has 0 spiro atoms. The topological polar surface area (TPSA) is 136 Å². The minimum atomic E-state index is -4.47. The maximum Gasteiger partial charge on any atom is 0.416 e. The van der Waals surface area contributed by atoms with Crippen molar-refractivity contribution < 1.29 is 22.7 Å². The Balaban J connectivity index is 1.49. The largest absolute Gasteiger partial charge is 0.423 e. The summed E-state index contributed by atoms with van der Waals surface area (Å²) < 4.78 is 44.5. The molecule has 34 heavy (non-hydrogen) atoms. The molecule has 4 aromatic rings. The van der Waals surface area contributed by atoms with Gasteiger partial charge < -0.3 is 26.3 Å². The number of thioether (sulfide) groups is 1. The van der Waals surface area contributed by atoms with Gasteiger partial charge in [0.25, 0.3) is 6.01 Å². The van der Waals surface area contributed by atoms with Gasteiger partial charge in [0.2, 0.25) is 0 Å². The predicted molar refractivity (Wildman–Crippen MR) is 122 cm³/mol. The van der Waals surface area contributed by atoms with Crippen LogP contribution < -0.4 is 16.8 Å². The number of aromatic nitrogens is 3. The lowest BCUT2D eigenvalue weighted by Crippen LogP contribution is -2.28. The van der Waals surface area contributed by atoms with E-state index in [1.165, 1.54) is 24.2 Å². The van der Waals surface area contributed by atoms with Crippen LogP contribution in [-0.2, 0) is 6.18 Å². The molecule has 6 N–H and O–H groups in total. The summed E-state index contributed by atoms with van der Waals surface area (Å²) in [7, 11) is 0. The molecule has 3 heterocycles. The molecule has 2 aromatic carbocycles. The number of nitrogens with zero attached hydrogens (tertiary/aromatic N) is 3. The molecule has 1 aliphatic rings. The lowest BCUT2D eigenvalue weighted by atomic mass is 10.0. The standard InChI is InChI=1S/C22H17F3N6O2S/c23-22(24,25)11-4-5-15-14(7-11)31-21(33-15)30-12-3-1-2-10(6-12)18-16-17(26)13(19(27)32)8-34-20(16)29-9-28-18/h1-7,9,19,32H,8,26-27H2,(H,30,31). The summed E-state index contributed by atoms with van der Waals surface area (Å²) in [5, 5.41) is 13.5. The van der Waals surface area contributed by atoms with Crippen LogP contribution in [0.3, 0.4) is 0 Å². The first-order chi connectivity index (χ1) is 16.2. The molecule has 0 saturated heterocycles. The molecule has 5 rings (SSSR count). The molecule has 0 aliphatic carbocycles. The average Bonchev–Trinajstić information content (AvgIpc) is 3.20. The molecule has 0 radical (unpaired) electrons. The average molecular weight is 486 g/mol. The molecule has 1 atom stereocenters. The summed E-state index contributed by atoms with van der Waals surface area (Å²) in [4.78, 5) is 12.8. The first-order valence-electron chi connectivity index (χ1n) is 9.96. The highest BCUT2D eigenvalue weighted by molar-refractivity contribution is 7.99. The van der Waals surface area contributed by atoms with Gasteiger partial charge in [-0.25, -0.2) is 9.97 Å². The monoisotopic (exact) mass is 486 g/mol. The second-order valence-electron chi connectivity index (χ2n) is 7.48. The number of nitrogens with one attached hydrogen (secondary N) is 1. The Morgan fingerprint density at radius 1 is 1.15 bits per heavy atom. The highest BCUT2D eigenvalue weighted by Crippen LogP contribution is 2.39. The number of aliphatic hydroxyl groups is 1. The molecule has 1 unspecified atom stereocenters. The number of hydrogen-bond acceptors (Lipinski definition) is 9. The molecule has 0 saturated carbocycles. The van der Waals surface area contributed by atoms with Gasteiger partial charge in [0.05, 0.1) is 16.8 Å². The van der Waals surface area contributed by atoms with E-state index < -0.39 is 18.0 Å². The van der Waals surface area contributed by atoms with E-state index in [-0.39, 0.29) is 17.1 Å². The Kier molecular flexibility index (Phi) is 5.42. The fourth-order valence-corrected chi connectivity index (χ4v) is 4.69. The van der Waals surface area contributed by atoms with Crippen LogP contribution in [0.15, 0.2) is 63.8 Å². The van der Waals surface area contributed by atoms with E-state index in [1.54, 1.807) is 18.2 Å². The van der Waals surface area contributed by atoms with Gasteiger partial charge in [0.15, 0.2) is 5.58 Å². The number of benzene rings is 2. The van der Waals surface area contributed by atoms with Crippen molar-refractivity contribution in [1.82, 2.24) is 15.0 Å². The Morgan fingerprint density at radius 3 is 2.74 bits per heavy atom. The first-order valence-corrected chi connectivity index (χ1v) is 10.9. The second kappa shape index (κ2) is 8.31. The highest BCUT2D eigenvalue weighted by Gasteiger charge is 2.31. The van der Waals surface area contributed by atoms with E-state index in [0.29, 0.717) is 44.6 Å². The summed E-state index contributed by atoms with van der Waals surface area (Å²) in [5.74, 6) is 0.419. The van der Waals surface area contributed by atoms with Gasteiger partial charge in [-0.2, -0.15) is 18.2 Å². The number of anilines is 2. The maximum atomic E-state index is 13.0. The van der Waals surface area contributed by atoms with Crippen molar-refractivity contribution in [1.29, 1.82) is 0 Å². The van der Waals surface area contributed by atoms with Crippen LogP contribution in [0.2, 0.25) is 0 Å². The smallest absolute Gasteiger partial charge is 0.416 e. The number of oxazole rings is 1. The van der Waals surface area contributed by atoms with Gasteiger partial charge in [-0.1, -0.05) is 12.1 Å². The third-order valence-corrected chi connectivity index (χ3v) is 6.29. The predicted octanol–water partition coefficient (Wildman–Crippen LogP) is 4.10. The second-order valence-corrected chi connectivity index (χ2v) is 8.44. The Morgan fingerprint density at radius 2 is 1.97 bits per heavy atom. The van der Waals surface area contributed by atoms with Crippen LogP contribution >= 0.6 is 11.8 Å².